The predicted molar refractivity (Wildman–Crippen MR) is 78.5 cm³/mol. The maximum absolute atomic E-state index is 11.8. The van der Waals surface area contributed by atoms with Gasteiger partial charge in [-0.25, -0.2) is 5.43 Å². The highest BCUT2D eigenvalue weighted by molar-refractivity contribution is 9.10. The van der Waals surface area contributed by atoms with E-state index in [1.165, 1.54) is 11.3 Å². The second-order valence-corrected chi connectivity index (χ2v) is 5.92. The van der Waals surface area contributed by atoms with Gasteiger partial charge in [-0.1, -0.05) is 23.7 Å². The maximum Gasteiger partial charge on any atom is 0.272 e. The van der Waals surface area contributed by atoms with E-state index in [1.807, 2.05) is 12.1 Å². The Kier molecular flexibility index (Phi) is 4.52. The van der Waals surface area contributed by atoms with Crippen LogP contribution >= 0.6 is 38.9 Å². The fraction of sp³-hybridized carbons (Fsp3) is 0. The molecule has 0 aliphatic carbocycles. The van der Waals surface area contributed by atoms with Crippen LogP contribution in [-0.4, -0.2) is 12.1 Å². The molecule has 1 amide bonds. The first-order chi connectivity index (χ1) is 8.66. The number of rotatable bonds is 3. The molecule has 0 saturated heterocycles. The largest absolute Gasteiger partial charge is 0.272 e. The molecule has 1 N–H and O–H groups in total. The van der Waals surface area contributed by atoms with Crippen LogP contribution in [0.25, 0.3) is 0 Å². The number of nitrogens with one attached hydrogen (secondary N) is 1. The first-order valence-corrected chi connectivity index (χ1v) is 6.99. The summed E-state index contributed by atoms with van der Waals surface area (Å²) in [6.45, 7) is 0. The summed E-state index contributed by atoms with van der Waals surface area (Å²) >= 11 is 10.5. The molecule has 0 aliphatic heterocycles. The minimum atomic E-state index is -0.263. The molecule has 0 fully saturated rings. The van der Waals surface area contributed by atoms with E-state index in [4.69, 9.17) is 11.6 Å². The lowest BCUT2D eigenvalue weighted by Gasteiger charge is -2.01. The second kappa shape index (κ2) is 6.13. The minimum absolute atomic E-state index is 0.263. The van der Waals surface area contributed by atoms with Crippen LogP contribution in [0.15, 0.2) is 46.0 Å². The first kappa shape index (κ1) is 13.3. The van der Waals surface area contributed by atoms with E-state index in [2.05, 4.69) is 26.5 Å². The summed E-state index contributed by atoms with van der Waals surface area (Å²) in [6.07, 6.45) is 1.56. The molecule has 0 bridgehead atoms. The summed E-state index contributed by atoms with van der Waals surface area (Å²) in [6, 6.07) is 10.8. The number of hydrogen-bond acceptors (Lipinski definition) is 3. The third-order valence-electron chi connectivity index (χ3n) is 2.07. The Morgan fingerprint density at radius 2 is 2.11 bits per heavy atom. The van der Waals surface area contributed by atoms with Crippen LogP contribution in [0.1, 0.15) is 15.2 Å². The molecule has 1 heterocycles. The van der Waals surface area contributed by atoms with E-state index in [9.17, 15) is 4.79 Å². The zero-order valence-corrected chi connectivity index (χ0v) is 12.2. The van der Waals surface area contributed by atoms with Crippen molar-refractivity contribution in [3.63, 3.8) is 0 Å². The molecule has 1 aromatic carbocycles. The van der Waals surface area contributed by atoms with Crippen LogP contribution in [0.2, 0.25) is 4.34 Å². The molecule has 0 atom stereocenters. The van der Waals surface area contributed by atoms with Crippen molar-refractivity contribution in [1.82, 2.24) is 5.43 Å². The fourth-order valence-corrected chi connectivity index (χ4v) is 2.66. The van der Waals surface area contributed by atoms with Gasteiger partial charge in [0.25, 0.3) is 5.91 Å². The lowest BCUT2D eigenvalue weighted by Crippen LogP contribution is -2.17. The number of nitrogens with zero attached hydrogens (tertiary/aromatic N) is 1. The molecular formula is C12H8BrClN2OS. The Bertz CT molecular complexity index is 597. The van der Waals surface area contributed by atoms with Crippen molar-refractivity contribution in [2.24, 2.45) is 5.10 Å². The van der Waals surface area contributed by atoms with Gasteiger partial charge in [0, 0.05) is 9.35 Å². The zero-order chi connectivity index (χ0) is 13.0. The number of amides is 1. The second-order valence-electron chi connectivity index (χ2n) is 3.32. The summed E-state index contributed by atoms with van der Waals surface area (Å²) in [5.74, 6) is -0.263. The Morgan fingerprint density at radius 3 is 2.78 bits per heavy atom. The van der Waals surface area contributed by atoms with Gasteiger partial charge >= 0.3 is 0 Å². The van der Waals surface area contributed by atoms with Gasteiger partial charge in [-0.3, -0.25) is 4.79 Å². The summed E-state index contributed by atoms with van der Waals surface area (Å²) in [7, 11) is 0. The van der Waals surface area contributed by atoms with E-state index in [-0.39, 0.29) is 5.91 Å². The summed E-state index contributed by atoms with van der Waals surface area (Å²) in [4.78, 5) is 12.7. The Balaban J connectivity index is 2.01. The van der Waals surface area contributed by atoms with Gasteiger partial charge in [0.1, 0.15) is 0 Å². The SMILES string of the molecule is O=C(N/N=C\c1ccc(Cl)s1)c1ccccc1Br. The molecule has 3 nitrogen and oxygen atoms in total. The number of carbonyl (C=O) groups excluding carboxylic acids is 1. The van der Waals surface area contributed by atoms with Gasteiger partial charge < -0.3 is 0 Å². The fourth-order valence-electron chi connectivity index (χ4n) is 1.26. The predicted octanol–water partition coefficient (Wildman–Crippen LogP) is 3.93. The van der Waals surface area contributed by atoms with Crippen molar-refractivity contribution in [3.8, 4) is 0 Å². The normalized spacial score (nSPS) is 10.8. The molecule has 18 heavy (non-hydrogen) atoms. The molecule has 2 rings (SSSR count). The van der Waals surface area contributed by atoms with Gasteiger partial charge in [0.2, 0.25) is 0 Å². The van der Waals surface area contributed by atoms with Gasteiger partial charge in [-0.15, -0.1) is 11.3 Å². The van der Waals surface area contributed by atoms with Crippen LogP contribution in [-0.2, 0) is 0 Å². The van der Waals surface area contributed by atoms with Gasteiger partial charge in [-0.2, -0.15) is 5.10 Å². The highest BCUT2D eigenvalue weighted by Gasteiger charge is 2.07. The highest BCUT2D eigenvalue weighted by Crippen LogP contribution is 2.19. The van der Waals surface area contributed by atoms with Crippen molar-refractivity contribution in [1.29, 1.82) is 0 Å². The lowest BCUT2D eigenvalue weighted by atomic mass is 10.2. The monoisotopic (exact) mass is 342 g/mol. The van der Waals surface area contributed by atoms with Crippen LogP contribution in [0.4, 0.5) is 0 Å². The number of hydrogen-bond donors (Lipinski definition) is 1. The zero-order valence-electron chi connectivity index (χ0n) is 9.06. The highest BCUT2D eigenvalue weighted by atomic mass is 79.9. The van der Waals surface area contributed by atoms with E-state index < -0.39 is 0 Å². The Labute approximate surface area is 122 Å². The van der Waals surface area contributed by atoms with Gasteiger partial charge in [-0.05, 0) is 40.2 Å². The lowest BCUT2D eigenvalue weighted by molar-refractivity contribution is 0.0954. The minimum Gasteiger partial charge on any atom is -0.267 e. The average molecular weight is 344 g/mol. The molecule has 0 spiro atoms. The Morgan fingerprint density at radius 1 is 1.33 bits per heavy atom. The molecule has 2 aromatic rings. The molecule has 0 saturated carbocycles. The molecule has 0 radical (unpaired) electrons. The molecule has 0 aliphatic rings. The van der Waals surface area contributed by atoms with E-state index in [0.717, 1.165) is 9.35 Å². The number of carbonyl (C=O) groups is 1. The summed E-state index contributed by atoms with van der Waals surface area (Å²) < 4.78 is 1.42. The topological polar surface area (TPSA) is 41.5 Å². The van der Waals surface area contributed by atoms with Crippen molar-refractivity contribution < 1.29 is 4.79 Å². The van der Waals surface area contributed by atoms with E-state index in [1.54, 1.807) is 30.5 Å². The van der Waals surface area contributed by atoms with Crippen LogP contribution < -0.4 is 5.43 Å². The van der Waals surface area contributed by atoms with E-state index >= 15 is 0 Å². The number of halogens is 2. The third kappa shape index (κ3) is 3.41. The Hall–Kier alpha value is -1.17. The van der Waals surface area contributed by atoms with Crippen LogP contribution in [0.5, 0.6) is 0 Å². The molecular weight excluding hydrogens is 336 g/mol. The maximum atomic E-state index is 11.8. The molecule has 92 valence electrons. The average Bonchev–Trinajstić information content (AvgIpc) is 2.75. The smallest absolute Gasteiger partial charge is 0.267 e. The summed E-state index contributed by atoms with van der Waals surface area (Å²) in [5.41, 5.74) is 3.00. The van der Waals surface area contributed by atoms with Crippen molar-refractivity contribution >= 4 is 51.0 Å². The van der Waals surface area contributed by atoms with Gasteiger partial charge in [0.05, 0.1) is 16.1 Å². The molecule has 6 heteroatoms. The quantitative estimate of drug-likeness (QED) is 0.666. The van der Waals surface area contributed by atoms with Crippen LogP contribution in [0, 0.1) is 0 Å². The number of hydrazone groups is 1. The third-order valence-corrected chi connectivity index (χ3v) is 3.93. The van der Waals surface area contributed by atoms with Gasteiger partial charge in [0.15, 0.2) is 0 Å². The van der Waals surface area contributed by atoms with Crippen molar-refractivity contribution in [2.75, 3.05) is 0 Å². The molecule has 0 unspecified atom stereocenters. The molecule has 1 aromatic heterocycles. The van der Waals surface area contributed by atoms with Crippen LogP contribution in [0.3, 0.4) is 0 Å². The van der Waals surface area contributed by atoms with E-state index in [0.29, 0.717) is 9.90 Å². The standard InChI is InChI=1S/C12H8BrClN2OS/c13-10-4-2-1-3-9(10)12(17)16-15-7-8-5-6-11(14)18-8/h1-7H,(H,16,17)/b15-7-. The first-order valence-electron chi connectivity index (χ1n) is 5.00. The van der Waals surface area contributed by atoms with Crippen molar-refractivity contribution in [3.05, 3.63) is 55.6 Å². The number of benzene rings is 1. The van der Waals surface area contributed by atoms with Crippen molar-refractivity contribution in [2.45, 2.75) is 0 Å². The number of thiophene rings is 1. The summed E-state index contributed by atoms with van der Waals surface area (Å²) in [5, 5.41) is 3.88.